The molecular formula is C53H36N4. The standard InChI is InChI=1S/C53H36N4/c1-3-16-44(17-4-1)57(45-18-5-2-6-19-45)46-32-27-37(28-33-46)26-29-38-30-31-43-36-47(38)53-25-11-24-51(56-53)42-15-8-14-41(35-42)49-21-9-20-48(54-49)39-12-7-13-40(34-39)50-22-10-23-52(43)55-50/h1-36H. The summed E-state index contributed by atoms with van der Waals surface area (Å²) < 4.78 is 0. The highest BCUT2D eigenvalue weighted by atomic mass is 15.1. The highest BCUT2D eigenvalue weighted by Crippen LogP contribution is 2.34. The predicted octanol–water partition coefficient (Wildman–Crippen LogP) is 14.1. The number of rotatable bonds is 5. The van der Waals surface area contributed by atoms with Crippen LogP contribution in [-0.4, -0.2) is 15.0 Å². The highest BCUT2D eigenvalue weighted by molar-refractivity contribution is 5.99. The van der Waals surface area contributed by atoms with Crippen molar-refractivity contribution >= 4 is 94.6 Å². The molecule has 0 atom stereocenters. The number of para-hydroxylation sites is 2. The molecule has 0 saturated carbocycles. The number of hydrogen-bond donors (Lipinski definition) is 0. The fourth-order valence-electron chi connectivity index (χ4n) is 7.54. The average molecular weight is 729 g/mol. The number of aromatic nitrogens is 3. The summed E-state index contributed by atoms with van der Waals surface area (Å²) in [5, 5.41) is 6.22. The third kappa shape index (κ3) is 6.93. The largest absolute Gasteiger partial charge is 0.311 e. The van der Waals surface area contributed by atoms with Crippen molar-refractivity contribution in [2.24, 2.45) is 0 Å². The van der Waals surface area contributed by atoms with E-state index in [0.717, 1.165) is 93.6 Å². The first-order valence-electron chi connectivity index (χ1n) is 19.2. The lowest BCUT2D eigenvalue weighted by atomic mass is 10.0. The lowest BCUT2D eigenvalue weighted by Crippen LogP contribution is -2.09. The first-order valence-corrected chi connectivity index (χ1v) is 19.2. The minimum absolute atomic E-state index is 0.890. The van der Waals surface area contributed by atoms with Crippen molar-refractivity contribution in [1.29, 1.82) is 0 Å². The van der Waals surface area contributed by atoms with Gasteiger partial charge in [-0.3, -0.25) is 0 Å². The Balaban J connectivity index is 1.15. The Kier molecular flexibility index (Phi) is 8.82. The predicted molar refractivity (Wildman–Crippen MR) is 241 cm³/mol. The summed E-state index contributed by atoms with van der Waals surface area (Å²) in [6.45, 7) is 0. The van der Waals surface area contributed by atoms with Crippen LogP contribution >= 0.6 is 0 Å². The molecule has 10 rings (SSSR count). The van der Waals surface area contributed by atoms with Gasteiger partial charge >= 0.3 is 0 Å². The van der Waals surface area contributed by atoms with E-state index >= 15 is 0 Å². The number of anilines is 3. The first-order chi connectivity index (χ1) is 28.2. The number of benzene rings is 6. The van der Waals surface area contributed by atoms with Gasteiger partial charge in [-0.05, 0) is 102 Å². The Labute approximate surface area is 330 Å². The number of fused-ring (bicyclic) bond motifs is 18. The van der Waals surface area contributed by atoms with E-state index in [1.54, 1.807) is 0 Å². The summed E-state index contributed by atoms with van der Waals surface area (Å²) in [4.78, 5) is 17.9. The Bertz CT molecular complexity index is 3190. The van der Waals surface area contributed by atoms with Gasteiger partial charge in [0.05, 0.1) is 33.1 Å². The number of nitrogens with zero attached hydrogens (tertiary/aromatic N) is 4. The van der Waals surface area contributed by atoms with Crippen molar-refractivity contribution in [3.05, 3.63) is 217 Å². The first kappa shape index (κ1) is 33.8. The molecule has 0 aliphatic heterocycles. The molecule has 0 spiro atoms. The van der Waals surface area contributed by atoms with Gasteiger partial charge in [0, 0.05) is 49.4 Å². The summed E-state index contributed by atoms with van der Waals surface area (Å²) in [5.41, 5.74) is 10.9. The summed E-state index contributed by atoms with van der Waals surface area (Å²) in [7, 11) is 0. The van der Waals surface area contributed by atoms with Crippen LogP contribution in [0.5, 0.6) is 0 Å². The maximum atomic E-state index is 5.29. The van der Waals surface area contributed by atoms with Crippen LogP contribution in [0.25, 0.3) is 77.6 Å². The third-order valence-corrected chi connectivity index (χ3v) is 10.4. The monoisotopic (exact) mass is 728 g/mol. The maximum Gasteiger partial charge on any atom is 0.0715 e. The highest BCUT2D eigenvalue weighted by Gasteiger charge is 2.11. The van der Waals surface area contributed by atoms with E-state index in [9.17, 15) is 0 Å². The lowest BCUT2D eigenvalue weighted by molar-refractivity contribution is 1.28. The minimum Gasteiger partial charge on any atom is -0.311 e. The van der Waals surface area contributed by atoms with Crippen molar-refractivity contribution in [2.75, 3.05) is 4.90 Å². The van der Waals surface area contributed by atoms with Gasteiger partial charge in [-0.1, -0.05) is 127 Å². The molecule has 0 fully saturated rings. The van der Waals surface area contributed by atoms with Gasteiger partial charge in [-0.25, -0.2) is 15.0 Å². The Morgan fingerprint density at radius 1 is 0.298 bits per heavy atom. The van der Waals surface area contributed by atoms with E-state index < -0.39 is 0 Å². The van der Waals surface area contributed by atoms with Crippen molar-refractivity contribution in [1.82, 2.24) is 15.0 Å². The van der Waals surface area contributed by atoms with Crippen LogP contribution in [0.4, 0.5) is 17.1 Å². The van der Waals surface area contributed by atoms with Gasteiger partial charge in [-0.15, -0.1) is 0 Å². The molecule has 0 radical (unpaired) electrons. The molecule has 0 saturated heterocycles. The van der Waals surface area contributed by atoms with Crippen molar-refractivity contribution in [2.45, 2.75) is 0 Å². The Morgan fingerprint density at radius 3 is 1.19 bits per heavy atom. The summed E-state index contributed by atoms with van der Waals surface area (Å²) in [6, 6.07) is 72.0. The summed E-state index contributed by atoms with van der Waals surface area (Å²) in [5.74, 6) is 0. The van der Waals surface area contributed by atoms with Crippen molar-refractivity contribution < 1.29 is 0 Å². The van der Waals surface area contributed by atoms with Crippen molar-refractivity contribution in [3.8, 4) is 0 Å². The Morgan fingerprint density at radius 2 is 0.702 bits per heavy atom. The second-order valence-corrected chi connectivity index (χ2v) is 14.1. The van der Waals surface area contributed by atoms with Gasteiger partial charge in [0.1, 0.15) is 0 Å². The molecule has 268 valence electrons. The van der Waals surface area contributed by atoms with Gasteiger partial charge in [0.2, 0.25) is 0 Å². The van der Waals surface area contributed by atoms with E-state index in [2.05, 4.69) is 211 Å². The van der Waals surface area contributed by atoms with Crippen LogP contribution in [0.2, 0.25) is 0 Å². The zero-order valence-corrected chi connectivity index (χ0v) is 31.1. The molecule has 0 amide bonds. The smallest absolute Gasteiger partial charge is 0.0715 e. The van der Waals surface area contributed by atoms with Crippen LogP contribution < -0.4 is 4.90 Å². The molecule has 4 nitrogen and oxygen atoms in total. The minimum atomic E-state index is 0.890. The van der Waals surface area contributed by atoms with Crippen LogP contribution in [-0.2, 0) is 0 Å². The van der Waals surface area contributed by atoms with E-state index in [1.165, 1.54) is 0 Å². The fourth-order valence-corrected chi connectivity index (χ4v) is 7.54. The van der Waals surface area contributed by atoms with Crippen LogP contribution in [0, 0.1) is 0 Å². The van der Waals surface area contributed by atoms with E-state index in [0.29, 0.717) is 0 Å². The molecule has 4 aromatic heterocycles. The second-order valence-electron chi connectivity index (χ2n) is 14.1. The van der Waals surface area contributed by atoms with Gasteiger partial charge in [0.15, 0.2) is 0 Å². The SMILES string of the molecule is C(=Cc1ccc2cc1c1cccc(n1)c1cccc(c1)c1cccc(n1)c1cccc(c1)c1cccc2n1)c1ccc(N(c2ccccc2)c2ccccc2)cc1. The maximum absolute atomic E-state index is 5.29. The summed E-state index contributed by atoms with van der Waals surface area (Å²) in [6.07, 6.45) is 4.37. The van der Waals surface area contributed by atoms with Crippen LogP contribution in [0.15, 0.2) is 206 Å². The van der Waals surface area contributed by atoms with Gasteiger partial charge in [0.25, 0.3) is 0 Å². The molecular weight excluding hydrogens is 693 g/mol. The van der Waals surface area contributed by atoms with Gasteiger partial charge < -0.3 is 4.90 Å². The zero-order valence-electron chi connectivity index (χ0n) is 31.1. The summed E-state index contributed by atoms with van der Waals surface area (Å²) >= 11 is 0. The normalized spacial score (nSPS) is 11.4. The fraction of sp³-hybridized carbons (Fsp3) is 0. The molecule has 10 aromatic rings. The second kappa shape index (κ2) is 14.9. The quantitative estimate of drug-likeness (QED) is 0.166. The third-order valence-electron chi connectivity index (χ3n) is 10.4. The van der Waals surface area contributed by atoms with E-state index in [4.69, 9.17) is 15.0 Å². The van der Waals surface area contributed by atoms with Gasteiger partial charge in [-0.2, -0.15) is 0 Å². The van der Waals surface area contributed by atoms with E-state index in [1.807, 2.05) is 12.1 Å². The molecule has 0 unspecified atom stereocenters. The lowest BCUT2D eigenvalue weighted by Gasteiger charge is -2.25. The molecule has 0 N–H and O–H groups in total. The van der Waals surface area contributed by atoms with Crippen LogP contribution in [0.3, 0.4) is 0 Å². The number of pyridine rings is 3. The molecule has 6 aromatic carbocycles. The van der Waals surface area contributed by atoms with Crippen molar-refractivity contribution in [3.63, 3.8) is 0 Å². The molecule has 57 heavy (non-hydrogen) atoms. The molecule has 4 heteroatoms. The molecule has 12 bridgehead atoms. The van der Waals surface area contributed by atoms with E-state index in [-0.39, 0.29) is 0 Å². The molecule has 0 aliphatic carbocycles. The molecule has 4 heterocycles. The average Bonchev–Trinajstić information content (AvgIpc) is 3.29. The van der Waals surface area contributed by atoms with Crippen LogP contribution in [0.1, 0.15) is 11.1 Å². The topological polar surface area (TPSA) is 41.9 Å². The number of hydrogen-bond acceptors (Lipinski definition) is 4. The zero-order chi connectivity index (χ0) is 38.0. The Hall–Kier alpha value is -7.69. The molecule has 0 aliphatic rings.